The van der Waals surface area contributed by atoms with E-state index in [-0.39, 0.29) is 11.6 Å². The third-order valence-electron chi connectivity index (χ3n) is 3.55. The maximum absolute atomic E-state index is 11.8. The van der Waals surface area contributed by atoms with E-state index in [0.29, 0.717) is 6.54 Å². The van der Waals surface area contributed by atoms with Gasteiger partial charge in [0.05, 0.1) is 6.04 Å². The molecule has 0 aliphatic carbocycles. The number of likely N-dealkylation sites (N-methyl/N-ethyl adjacent to an activating group) is 1. The Kier molecular flexibility index (Phi) is 5.13. The molecule has 1 unspecified atom stereocenters. The molecule has 0 saturated carbocycles. The molecule has 1 heterocycles. The van der Waals surface area contributed by atoms with Gasteiger partial charge in [-0.25, -0.2) is 0 Å². The van der Waals surface area contributed by atoms with Gasteiger partial charge in [-0.15, -0.1) is 0 Å². The van der Waals surface area contributed by atoms with Crippen LogP contribution in [0.4, 0.5) is 0 Å². The van der Waals surface area contributed by atoms with E-state index >= 15 is 0 Å². The van der Waals surface area contributed by atoms with Crippen LogP contribution in [0.3, 0.4) is 0 Å². The van der Waals surface area contributed by atoms with E-state index < -0.39 is 0 Å². The molecule has 0 aliphatic heterocycles. The Bertz CT molecular complexity index is 586. The molecular weight excluding hydrogens is 248 g/mol. The highest BCUT2D eigenvalue weighted by Gasteiger charge is 2.10. The molecule has 1 N–H and O–H groups in total. The normalized spacial score (nSPS) is 12.3. The molecule has 20 heavy (non-hydrogen) atoms. The van der Waals surface area contributed by atoms with Crippen LogP contribution in [0.15, 0.2) is 53.5 Å². The highest BCUT2D eigenvalue weighted by molar-refractivity contribution is 5.25. The van der Waals surface area contributed by atoms with Crippen LogP contribution in [0.5, 0.6) is 0 Å². The Morgan fingerprint density at radius 2 is 1.90 bits per heavy atom. The summed E-state index contributed by atoms with van der Waals surface area (Å²) in [6.45, 7) is 2.83. The fourth-order valence-corrected chi connectivity index (χ4v) is 2.38. The molecule has 3 heteroatoms. The van der Waals surface area contributed by atoms with E-state index in [1.165, 1.54) is 11.1 Å². The van der Waals surface area contributed by atoms with Gasteiger partial charge in [0.15, 0.2) is 0 Å². The van der Waals surface area contributed by atoms with Crippen molar-refractivity contribution in [1.29, 1.82) is 0 Å². The predicted octanol–water partition coefficient (Wildman–Crippen LogP) is 2.76. The van der Waals surface area contributed by atoms with Crippen LogP contribution < -0.4 is 10.9 Å². The molecule has 1 aromatic heterocycles. The lowest BCUT2D eigenvalue weighted by Gasteiger charge is -2.18. The first-order valence-corrected chi connectivity index (χ1v) is 7.16. The highest BCUT2D eigenvalue weighted by Crippen LogP contribution is 2.16. The van der Waals surface area contributed by atoms with Gasteiger partial charge in [-0.1, -0.05) is 43.7 Å². The van der Waals surface area contributed by atoms with E-state index in [1.807, 2.05) is 19.3 Å². The first-order chi connectivity index (χ1) is 9.74. The minimum absolute atomic E-state index is 0.0374. The number of nitrogens with zero attached hydrogens (tertiary/aromatic N) is 1. The lowest BCUT2D eigenvalue weighted by Crippen LogP contribution is -2.27. The van der Waals surface area contributed by atoms with Gasteiger partial charge in [-0.2, -0.15) is 0 Å². The van der Waals surface area contributed by atoms with Crippen molar-refractivity contribution in [3.63, 3.8) is 0 Å². The van der Waals surface area contributed by atoms with Crippen molar-refractivity contribution in [1.82, 2.24) is 9.88 Å². The highest BCUT2D eigenvalue weighted by atomic mass is 16.1. The van der Waals surface area contributed by atoms with Crippen molar-refractivity contribution in [2.75, 3.05) is 7.05 Å². The number of hydrogen-bond acceptors (Lipinski definition) is 2. The molecule has 0 spiro atoms. The summed E-state index contributed by atoms with van der Waals surface area (Å²) >= 11 is 0. The first kappa shape index (κ1) is 14.5. The molecule has 0 amide bonds. The monoisotopic (exact) mass is 270 g/mol. The maximum atomic E-state index is 11.8. The van der Waals surface area contributed by atoms with Crippen molar-refractivity contribution in [3.8, 4) is 0 Å². The first-order valence-electron chi connectivity index (χ1n) is 7.16. The second-order valence-electron chi connectivity index (χ2n) is 5.02. The zero-order valence-corrected chi connectivity index (χ0v) is 12.2. The molecule has 0 saturated heterocycles. The Labute approximate surface area is 120 Å². The van der Waals surface area contributed by atoms with E-state index in [4.69, 9.17) is 0 Å². The van der Waals surface area contributed by atoms with Gasteiger partial charge in [0, 0.05) is 18.8 Å². The molecule has 2 rings (SSSR count). The van der Waals surface area contributed by atoms with Crippen molar-refractivity contribution in [2.24, 2.45) is 0 Å². The molecule has 0 radical (unpaired) electrons. The van der Waals surface area contributed by atoms with Crippen molar-refractivity contribution < 1.29 is 0 Å². The van der Waals surface area contributed by atoms with Crippen LogP contribution in [-0.2, 0) is 13.0 Å². The van der Waals surface area contributed by atoms with Crippen LogP contribution in [0.2, 0.25) is 0 Å². The van der Waals surface area contributed by atoms with Crippen LogP contribution in [-0.4, -0.2) is 11.6 Å². The lowest BCUT2D eigenvalue weighted by atomic mass is 10.0. The Morgan fingerprint density at radius 1 is 1.15 bits per heavy atom. The van der Waals surface area contributed by atoms with Gasteiger partial charge >= 0.3 is 0 Å². The fraction of sp³-hybridized carbons (Fsp3) is 0.353. The largest absolute Gasteiger partial charge is 0.314 e. The number of hydrogen-bond donors (Lipinski definition) is 1. The molecule has 1 atom stereocenters. The third kappa shape index (κ3) is 3.58. The van der Waals surface area contributed by atoms with Crippen molar-refractivity contribution in [3.05, 3.63) is 70.1 Å². The molecule has 106 valence electrons. The predicted molar refractivity (Wildman–Crippen MR) is 82.9 cm³/mol. The maximum Gasteiger partial charge on any atom is 0.250 e. The minimum atomic E-state index is 0.0374. The molecule has 3 nitrogen and oxygen atoms in total. The van der Waals surface area contributed by atoms with Gasteiger partial charge < -0.3 is 9.88 Å². The number of pyridine rings is 1. The number of nitrogens with one attached hydrogen (secondary N) is 1. The molecule has 1 aromatic carbocycles. The van der Waals surface area contributed by atoms with Crippen molar-refractivity contribution in [2.45, 2.75) is 32.4 Å². The number of benzene rings is 1. The standard InChI is InChI=1S/C17H22N2O/c1-3-6-14-8-10-15(11-9-14)16(18-2)13-19-12-5-4-7-17(19)20/h4-5,7-12,16,18H,3,6,13H2,1-2H3. The summed E-state index contributed by atoms with van der Waals surface area (Å²) in [5.74, 6) is 0. The number of rotatable bonds is 6. The summed E-state index contributed by atoms with van der Waals surface area (Å²) < 4.78 is 1.74. The van der Waals surface area contributed by atoms with Gasteiger partial charge in [-0.05, 0) is 30.7 Å². The van der Waals surface area contributed by atoms with Gasteiger partial charge in [-0.3, -0.25) is 4.79 Å². The summed E-state index contributed by atoms with van der Waals surface area (Å²) in [5, 5.41) is 3.29. The summed E-state index contributed by atoms with van der Waals surface area (Å²) in [6, 6.07) is 14.1. The minimum Gasteiger partial charge on any atom is -0.314 e. The Morgan fingerprint density at radius 3 is 2.50 bits per heavy atom. The molecule has 0 fully saturated rings. The third-order valence-corrected chi connectivity index (χ3v) is 3.55. The van der Waals surface area contributed by atoms with Crippen LogP contribution >= 0.6 is 0 Å². The van der Waals surface area contributed by atoms with Gasteiger partial charge in [0.2, 0.25) is 0 Å². The Hall–Kier alpha value is -1.87. The smallest absolute Gasteiger partial charge is 0.250 e. The summed E-state index contributed by atoms with van der Waals surface area (Å²) in [4.78, 5) is 11.8. The topological polar surface area (TPSA) is 34.0 Å². The quantitative estimate of drug-likeness (QED) is 0.875. The average molecular weight is 270 g/mol. The van der Waals surface area contributed by atoms with E-state index in [2.05, 4.69) is 36.5 Å². The number of aromatic nitrogens is 1. The van der Waals surface area contributed by atoms with Crippen LogP contribution in [0.1, 0.15) is 30.5 Å². The summed E-state index contributed by atoms with van der Waals surface area (Å²) in [7, 11) is 1.93. The lowest BCUT2D eigenvalue weighted by molar-refractivity contribution is 0.491. The van der Waals surface area contributed by atoms with Crippen molar-refractivity contribution >= 4 is 0 Å². The van der Waals surface area contributed by atoms with E-state index in [0.717, 1.165) is 12.8 Å². The second kappa shape index (κ2) is 7.06. The molecular formula is C17H22N2O. The SMILES string of the molecule is CCCc1ccc(C(Cn2ccccc2=O)NC)cc1. The van der Waals surface area contributed by atoms with E-state index in [1.54, 1.807) is 16.7 Å². The second-order valence-corrected chi connectivity index (χ2v) is 5.02. The zero-order valence-electron chi connectivity index (χ0n) is 12.2. The molecule has 0 aliphatic rings. The van der Waals surface area contributed by atoms with E-state index in [9.17, 15) is 4.79 Å². The summed E-state index contributed by atoms with van der Waals surface area (Å²) in [6.07, 6.45) is 4.11. The zero-order chi connectivity index (χ0) is 14.4. The van der Waals surface area contributed by atoms with Crippen LogP contribution in [0.25, 0.3) is 0 Å². The van der Waals surface area contributed by atoms with Gasteiger partial charge in [0.1, 0.15) is 0 Å². The molecule has 2 aromatic rings. The molecule has 0 bridgehead atoms. The van der Waals surface area contributed by atoms with Gasteiger partial charge in [0.25, 0.3) is 5.56 Å². The average Bonchev–Trinajstić information content (AvgIpc) is 2.48. The number of aryl methyl sites for hydroxylation is 1. The fourth-order valence-electron chi connectivity index (χ4n) is 2.38. The summed E-state index contributed by atoms with van der Waals surface area (Å²) in [5.41, 5.74) is 2.61. The Balaban J connectivity index is 2.16. The van der Waals surface area contributed by atoms with Crippen LogP contribution in [0, 0.1) is 0 Å².